The number of hydrogen-bond acceptors (Lipinski definition) is 9. The molecule has 0 atom stereocenters. The molecule has 1 aromatic heterocycles. The minimum atomic E-state index is -4.60. The predicted octanol–water partition coefficient (Wildman–Crippen LogP) is 5.77. The molecule has 0 aliphatic carbocycles. The van der Waals surface area contributed by atoms with Gasteiger partial charge in [-0.1, -0.05) is 12.1 Å². The lowest BCUT2D eigenvalue weighted by molar-refractivity contribution is -0.138. The number of benzene rings is 3. The highest BCUT2D eigenvalue weighted by molar-refractivity contribution is 6.05. The van der Waals surface area contributed by atoms with E-state index in [4.69, 9.17) is 9.47 Å². The zero-order chi connectivity index (χ0) is 36.0. The summed E-state index contributed by atoms with van der Waals surface area (Å²) in [6.45, 7) is 4.88. The number of carbonyl (C=O) groups excluding carboxylic acids is 2. The van der Waals surface area contributed by atoms with Crippen LogP contribution < -0.4 is 25.0 Å². The number of carbonyl (C=O) groups is 2. The van der Waals surface area contributed by atoms with Gasteiger partial charge in [-0.25, -0.2) is 4.98 Å². The molecule has 1 aliphatic heterocycles. The third-order valence-electron chi connectivity index (χ3n) is 8.59. The van der Waals surface area contributed by atoms with E-state index in [0.717, 1.165) is 24.7 Å². The van der Waals surface area contributed by atoms with E-state index < -0.39 is 17.6 Å². The average molecular weight is 692 g/mol. The zero-order valence-electron chi connectivity index (χ0n) is 28.6. The van der Waals surface area contributed by atoms with Gasteiger partial charge in [-0.15, -0.1) is 0 Å². The van der Waals surface area contributed by atoms with E-state index in [2.05, 4.69) is 25.5 Å². The molecule has 1 fully saturated rings. The van der Waals surface area contributed by atoms with Crippen LogP contribution in [0.5, 0.6) is 11.5 Å². The van der Waals surface area contributed by atoms with Crippen LogP contribution in [0.25, 0.3) is 0 Å². The minimum absolute atomic E-state index is 0.0181. The largest absolute Gasteiger partial charge is 0.497 e. The average Bonchev–Trinajstić information content (AvgIpc) is 3.10. The SMILES string of the molecule is CNc1nccc(N(C(=O)Cc2cc(C(=O)Nc3ccc(CN4CCN(C)CC4)c(C(F)(F)F)c3)ccc2C)c2ccc(OC)cc2OC)n1. The Morgan fingerprint density at radius 1 is 0.940 bits per heavy atom. The standard InChI is InChI=1S/C36H40F3N7O4/c1-23-6-7-24(34(48)42-27-9-8-25(29(20-27)36(37,38)39)22-45-16-14-44(3)15-17-45)18-26(23)19-33(47)46(32-12-13-41-35(40-2)43-32)30-11-10-28(49-4)21-31(30)50-5/h6-13,18,20-21H,14-17,19,22H2,1-5H3,(H,42,48)(H,40,41,43). The van der Waals surface area contributed by atoms with E-state index in [1.54, 1.807) is 56.4 Å². The van der Waals surface area contributed by atoms with Crippen molar-refractivity contribution in [1.82, 2.24) is 19.8 Å². The van der Waals surface area contributed by atoms with E-state index in [1.807, 2.05) is 11.9 Å². The lowest BCUT2D eigenvalue weighted by Crippen LogP contribution is -2.44. The summed E-state index contributed by atoms with van der Waals surface area (Å²) in [6, 6.07) is 15.3. The van der Waals surface area contributed by atoms with E-state index in [-0.39, 0.29) is 41.5 Å². The lowest BCUT2D eigenvalue weighted by Gasteiger charge is -2.33. The molecule has 264 valence electrons. The number of hydrogen-bond donors (Lipinski definition) is 2. The van der Waals surface area contributed by atoms with Crippen molar-refractivity contribution in [3.63, 3.8) is 0 Å². The molecule has 1 aliphatic rings. The number of aryl methyl sites for hydroxylation is 1. The topological polar surface area (TPSA) is 112 Å². The molecular formula is C36H40F3N7O4. The third kappa shape index (κ3) is 8.50. The van der Waals surface area contributed by atoms with Gasteiger partial charge in [-0.3, -0.25) is 19.4 Å². The van der Waals surface area contributed by atoms with Gasteiger partial charge < -0.3 is 25.0 Å². The molecule has 2 heterocycles. The molecule has 2 amide bonds. The summed E-state index contributed by atoms with van der Waals surface area (Å²) in [5.41, 5.74) is 1.25. The maximum absolute atomic E-state index is 14.2. The van der Waals surface area contributed by atoms with Crippen LogP contribution >= 0.6 is 0 Å². The highest BCUT2D eigenvalue weighted by Gasteiger charge is 2.34. The number of methoxy groups -OCH3 is 2. The molecule has 50 heavy (non-hydrogen) atoms. The van der Waals surface area contributed by atoms with Gasteiger partial charge in [0.25, 0.3) is 5.91 Å². The van der Waals surface area contributed by atoms with Crippen LogP contribution in [0.15, 0.2) is 66.9 Å². The second kappa shape index (κ2) is 15.6. The monoisotopic (exact) mass is 691 g/mol. The van der Waals surface area contributed by atoms with E-state index in [0.29, 0.717) is 41.8 Å². The first-order chi connectivity index (χ1) is 23.9. The first kappa shape index (κ1) is 36.1. The zero-order valence-corrected chi connectivity index (χ0v) is 28.6. The molecule has 0 bridgehead atoms. The Morgan fingerprint density at radius 2 is 1.70 bits per heavy atom. The minimum Gasteiger partial charge on any atom is -0.497 e. The normalized spacial score (nSPS) is 13.8. The summed E-state index contributed by atoms with van der Waals surface area (Å²) in [5, 5.41) is 5.48. The van der Waals surface area contributed by atoms with Gasteiger partial charge in [-0.05, 0) is 67.1 Å². The number of aromatic nitrogens is 2. The molecular weight excluding hydrogens is 651 g/mol. The number of rotatable bonds is 11. The summed E-state index contributed by atoms with van der Waals surface area (Å²) in [4.78, 5) is 41.7. The molecule has 11 nitrogen and oxygen atoms in total. The van der Waals surface area contributed by atoms with Crippen molar-refractivity contribution in [2.75, 3.05) is 70.0 Å². The molecule has 2 N–H and O–H groups in total. The van der Waals surface area contributed by atoms with Crippen LogP contribution in [-0.4, -0.2) is 86.1 Å². The van der Waals surface area contributed by atoms with E-state index in [9.17, 15) is 22.8 Å². The highest BCUT2D eigenvalue weighted by atomic mass is 19.4. The number of ether oxygens (including phenoxy) is 2. The first-order valence-electron chi connectivity index (χ1n) is 16.0. The van der Waals surface area contributed by atoms with E-state index in [1.165, 1.54) is 37.4 Å². The fourth-order valence-corrected chi connectivity index (χ4v) is 5.70. The van der Waals surface area contributed by atoms with E-state index >= 15 is 0 Å². The Morgan fingerprint density at radius 3 is 2.38 bits per heavy atom. The van der Waals surface area contributed by atoms with Gasteiger partial charge in [-0.2, -0.15) is 18.2 Å². The van der Waals surface area contributed by atoms with Gasteiger partial charge in [0.05, 0.1) is 31.9 Å². The quantitative estimate of drug-likeness (QED) is 0.203. The molecule has 0 spiro atoms. The maximum Gasteiger partial charge on any atom is 0.416 e. The second-order valence-electron chi connectivity index (χ2n) is 12.0. The maximum atomic E-state index is 14.2. The molecule has 0 radical (unpaired) electrons. The van der Waals surface area contributed by atoms with Crippen molar-refractivity contribution in [2.45, 2.75) is 26.1 Å². The number of nitrogens with one attached hydrogen (secondary N) is 2. The van der Waals surface area contributed by atoms with Crippen molar-refractivity contribution in [2.24, 2.45) is 0 Å². The predicted molar refractivity (Wildman–Crippen MR) is 185 cm³/mol. The van der Waals surface area contributed by atoms with Crippen molar-refractivity contribution >= 4 is 35.0 Å². The summed E-state index contributed by atoms with van der Waals surface area (Å²) in [6.07, 6.45) is -3.22. The lowest BCUT2D eigenvalue weighted by atomic mass is 10.0. The number of alkyl halides is 3. The van der Waals surface area contributed by atoms with Gasteiger partial charge in [0.15, 0.2) is 0 Å². The molecule has 1 saturated heterocycles. The molecule has 14 heteroatoms. The number of piperazine rings is 1. The number of nitrogens with zero attached hydrogens (tertiary/aromatic N) is 5. The summed E-state index contributed by atoms with van der Waals surface area (Å²) < 4.78 is 53.4. The van der Waals surface area contributed by atoms with Gasteiger partial charge in [0, 0.05) is 69.4 Å². The van der Waals surface area contributed by atoms with Crippen molar-refractivity contribution in [3.8, 4) is 11.5 Å². The Bertz CT molecular complexity index is 1850. The van der Waals surface area contributed by atoms with Crippen LogP contribution in [-0.2, 0) is 23.9 Å². The van der Waals surface area contributed by atoms with Crippen molar-refractivity contribution in [3.05, 3.63) is 94.7 Å². The third-order valence-corrected chi connectivity index (χ3v) is 8.59. The number of likely N-dealkylation sites (N-methyl/N-ethyl adjacent to an activating group) is 1. The van der Waals surface area contributed by atoms with Gasteiger partial charge in [0.1, 0.15) is 17.3 Å². The van der Waals surface area contributed by atoms with Gasteiger partial charge in [0.2, 0.25) is 11.9 Å². The number of amides is 2. The molecule has 4 aromatic rings. The summed E-state index contributed by atoms with van der Waals surface area (Å²) in [7, 11) is 6.64. The second-order valence-corrected chi connectivity index (χ2v) is 12.0. The summed E-state index contributed by atoms with van der Waals surface area (Å²) in [5.74, 6) is 0.463. The van der Waals surface area contributed by atoms with Crippen molar-refractivity contribution < 1.29 is 32.2 Å². The van der Waals surface area contributed by atoms with Crippen LogP contribution in [0, 0.1) is 6.92 Å². The molecule has 3 aromatic carbocycles. The van der Waals surface area contributed by atoms with Crippen LogP contribution in [0.2, 0.25) is 0 Å². The molecule has 5 rings (SSSR count). The number of anilines is 4. The fourth-order valence-electron chi connectivity index (χ4n) is 5.70. The first-order valence-corrected chi connectivity index (χ1v) is 16.0. The molecule has 0 unspecified atom stereocenters. The van der Waals surface area contributed by atoms with Gasteiger partial charge >= 0.3 is 6.18 Å². The highest BCUT2D eigenvalue weighted by Crippen LogP contribution is 2.37. The number of halogens is 3. The van der Waals surface area contributed by atoms with Crippen LogP contribution in [0.1, 0.15) is 32.6 Å². The van der Waals surface area contributed by atoms with Crippen LogP contribution in [0.4, 0.5) is 36.3 Å². The van der Waals surface area contributed by atoms with Crippen molar-refractivity contribution in [1.29, 1.82) is 0 Å². The summed E-state index contributed by atoms with van der Waals surface area (Å²) >= 11 is 0. The Labute approximate surface area is 289 Å². The Hall–Kier alpha value is -5.21. The Balaban J connectivity index is 1.40. The molecule has 0 saturated carbocycles. The Kier molecular flexibility index (Phi) is 11.2. The smallest absolute Gasteiger partial charge is 0.416 e. The fraction of sp³-hybridized carbons (Fsp3) is 0.333. The van der Waals surface area contributed by atoms with Crippen LogP contribution in [0.3, 0.4) is 0 Å².